The van der Waals surface area contributed by atoms with E-state index in [1.165, 1.54) is 0 Å². The molecule has 53 heavy (non-hydrogen) atoms. The van der Waals surface area contributed by atoms with Crippen molar-refractivity contribution in [1.29, 1.82) is 0 Å². The summed E-state index contributed by atoms with van der Waals surface area (Å²) in [6.45, 7) is 0. The summed E-state index contributed by atoms with van der Waals surface area (Å²) < 4.78 is 17.5. The molecule has 0 saturated carbocycles. The quantitative estimate of drug-likeness (QED) is 0.0868. The van der Waals surface area contributed by atoms with Gasteiger partial charge in [0.05, 0.1) is 0 Å². The van der Waals surface area contributed by atoms with Crippen molar-refractivity contribution >= 4 is 11.7 Å². The smallest absolute Gasteiger partial charge is 0.669 e. The van der Waals surface area contributed by atoms with Gasteiger partial charge in [0.2, 0.25) is 6.20 Å². The maximum atomic E-state index is 6.57. The number of hydrogen-bond acceptors (Lipinski definition) is 4. The standard InChI is InChI=1S/C38H23N4O2.C6H4N.2Pt/c1-41-22-23-42(27-41)30-12-9-17-34(26-30)44-33-16-8-11-29(25-33)38-37(36-18-5-6-20-39-36)35(19-21-40-38)28-10-7-15-32(24-28)43-31-13-3-2-4-14-31;1-2-7-5-3-4-6-7;;/h2-13,15-18,20-23H,1H3;3-6H;;/q-3;-1;+2;+4. The average Bonchev–Trinajstić information content (AvgIpc) is 3.88. The molecule has 9 heteroatoms. The molecule has 0 radical (unpaired) electrons. The van der Waals surface area contributed by atoms with Gasteiger partial charge < -0.3 is 25.4 Å². The predicted molar refractivity (Wildman–Crippen MR) is 193 cm³/mol. The average molecular weight is 1050 g/mol. The first-order valence-electron chi connectivity index (χ1n) is 15.9. The van der Waals surface area contributed by atoms with Crippen LogP contribution in [0.15, 0.2) is 146 Å². The van der Waals surface area contributed by atoms with Gasteiger partial charge in [-0.05, 0) is 30.0 Å². The van der Waals surface area contributed by atoms with E-state index in [0.29, 0.717) is 28.7 Å². The van der Waals surface area contributed by atoms with E-state index < -0.39 is 0 Å². The van der Waals surface area contributed by atoms with Crippen molar-refractivity contribution in [3.8, 4) is 62.7 Å². The molecule has 0 N–H and O–H groups in total. The zero-order valence-corrected chi connectivity index (χ0v) is 32.6. The Balaban J connectivity index is 0.000000542. The third-order valence-electron chi connectivity index (χ3n) is 7.44. The molecule has 1 aliphatic rings. The summed E-state index contributed by atoms with van der Waals surface area (Å²) in [5.74, 6) is 2.26. The van der Waals surface area contributed by atoms with Crippen molar-refractivity contribution in [2.45, 2.75) is 0 Å². The molecule has 0 amide bonds. The topological polar surface area (TPSA) is 55.2 Å². The minimum absolute atomic E-state index is 0. The summed E-state index contributed by atoms with van der Waals surface area (Å²) in [6.07, 6.45) is 17.3. The monoisotopic (exact) mass is 1050 g/mol. The molecule has 0 unspecified atom stereocenters. The number of hydrogen-bond donors (Lipinski definition) is 0. The van der Waals surface area contributed by atoms with Crippen LogP contribution < -0.4 is 9.47 Å². The summed E-state index contributed by atoms with van der Waals surface area (Å²) in [7, 11) is 1.92. The van der Waals surface area contributed by atoms with Crippen molar-refractivity contribution in [2.75, 3.05) is 7.05 Å². The molecule has 8 rings (SSSR count). The Hall–Kier alpha value is -5.88. The van der Waals surface area contributed by atoms with Crippen LogP contribution in [0.4, 0.5) is 5.69 Å². The fourth-order valence-electron chi connectivity index (χ4n) is 5.15. The van der Waals surface area contributed by atoms with Crippen molar-refractivity contribution in [2.24, 2.45) is 0 Å². The van der Waals surface area contributed by atoms with Crippen LogP contribution in [0.5, 0.6) is 23.0 Å². The number of pyridine rings is 2. The summed E-state index contributed by atoms with van der Waals surface area (Å²) in [6, 6.07) is 56.0. The molecule has 4 aromatic carbocycles. The molecule has 0 fully saturated rings. The Kier molecular flexibility index (Phi) is 13.4. The van der Waals surface area contributed by atoms with E-state index in [1.54, 1.807) is 29.4 Å². The van der Waals surface area contributed by atoms with E-state index >= 15 is 0 Å². The molecule has 7 aromatic rings. The minimum Gasteiger partial charge on any atom is -0.669 e. The number of ether oxygens (including phenoxy) is 2. The normalized spacial score (nSPS) is 11.0. The number of rotatable bonds is 8. The van der Waals surface area contributed by atoms with Crippen LogP contribution in [0, 0.1) is 42.8 Å². The van der Waals surface area contributed by atoms with Crippen LogP contribution in [-0.4, -0.2) is 36.7 Å². The maximum Gasteiger partial charge on any atom is 4.00 e. The fraction of sp³-hybridized carbons (Fsp3) is 0.0227. The van der Waals surface area contributed by atoms with E-state index in [-0.39, 0.29) is 42.1 Å². The predicted octanol–water partition coefficient (Wildman–Crippen LogP) is 8.89. The maximum absolute atomic E-state index is 6.57. The van der Waals surface area contributed by atoms with Crippen molar-refractivity contribution in [1.82, 2.24) is 14.5 Å². The molecule has 0 atom stereocenters. The van der Waals surface area contributed by atoms with Crippen LogP contribution in [0.2, 0.25) is 0 Å². The van der Waals surface area contributed by atoms with Gasteiger partial charge in [-0.2, -0.15) is 42.0 Å². The zero-order valence-electron chi connectivity index (χ0n) is 28.0. The van der Waals surface area contributed by atoms with Crippen molar-refractivity contribution < 1.29 is 60.8 Å². The summed E-state index contributed by atoms with van der Waals surface area (Å²) >= 11 is 0. The Labute approximate surface area is 337 Å². The van der Waals surface area contributed by atoms with E-state index in [2.05, 4.69) is 47.4 Å². The first-order chi connectivity index (χ1) is 25.1. The molecule has 0 spiro atoms. The molecule has 7 nitrogen and oxygen atoms in total. The Morgan fingerprint density at radius 2 is 1.40 bits per heavy atom. The Morgan fingerprint density at radius 3 is 2.06 bits per heavy atom. The largest absolute Gasteiger partial charge is 4.00 e. The van der Waals surface area contributed by atoms with Crippen molar-refractivity contribution in [3.63, 3.8) is 0 Å². The Bertz CT molecular complexity index is 2430. The minimum atomic E-state index is 0. The van der Waals surface area contributed by atoms with Gasteiger partial charge in [0, 0.05) is 41.6 Å². The Morgan fingerprint density at radius 1 is 0.717 bits per heavy atom. The van der Waals surface area contributed by atoms with Crippen LogP contribution in [0.3, 0.4) is 0 Å². The summed E-state index contributed by atoms with van der Waals surface area (Å²) in [5.41, 5.74) is 5.36. The van der Waals surface area contributed by atoms with E-state index in [1.807, 2.05) is 138 Å². The molecular weight excluding hydrogens is 1020 g/mol. The number of benzene rings is 4. The van der Waals surface area contributed by atoms with Gasteiger partial charge in [0.15, 0.2) is 7.05 Å². The molecule has 0 saturated heterocycles. The van der Waals surface area contributed by atoms with Crippen LogP contribution >= 0.6 is 0 Å². The number of aromatic nitrogens is 3. The van der Waals surface area contributed by atoms with Gasteiger partial charge in [0.1, 0.15) is 5.69 Å². The first kappa shape index (κ1) is 38.3. The van der Waals surface area contributed by atoms with Gasteiger partial charge >= 0.3 is 48.1 Å². The molecule has 0 bridgehead atoms. The van der Waals surface area contributed by atoms with Gasteiger partial charge in [-0.1, -0.05) is 45.3 Å². The van der Waals surface area contributed by atoms with E-state index in [0.717, 1.165) is 33.6 Å². The summed E-state index contributed by atoms with van der Waals surface area (Å²) in [4.78, 5) is 9.43. The van der Waals surface area contributed by atoms with Crippen LogP contribution in [-0.2, 0) is 42.1 Å². The first-order valence-corrected chi connectivity index (χ1v) is 15.9. The van der Waals surface area contributed by atoms with Crippen molar-refractivity contribution in [3.05, 3.63) is 183 Å². The number of nitrogens with zero attached hydrogens (tertiary/aromatic N) is 5. The second-order valence-electron chi connectivity index (χ2n) is 11.0. The summed E-state index contributed by atoms with van der Waals surface area (Å²) in [5, 5.41) is 0. The molecule has 258 valence electrons. The van der Waals surface area contributed by atoms with Crippen LogP contribution in [0.25, 0.3) is 33.6 Å². The SMILES string of the molecule is C[N+]1=C=[N+](c2[c-]c(Oc3[c-]c(-c4nc[c-]c(-c5[c-]c(Oc6[c-]cccc6)ccc5)c4-c4ccccn4)ccc3)ccc2)C=C1.[C-]#Cn1cccc1.[Pt+2].[Pt+4]. The third-order valence-corrected chi connectivity index (χ3v) is 7.44. The fourth-order valence-corrected chi connectivity index (χ4v) is 5.15. The van der Waals surface area contributed by atoms with Gasteiger partial charge in [-0.15, -0.1) is 48.0 Å². The number of para-hydroxylation sites is 1. The second-order valence-corrected chi connectivity index (χ2v) is 11.0. The van der Waals surface area contributed by atoms with Gasteiger partial charge in [-0.25, -0.2) is 18.2 Å². The van der Waals surface area contributed by atoms with E-state index in [9.17, 15) is 0 Å². The van der Waals surface area contributed by atoms with Gasteiger partial charge in [0.25, 0.3) is 6.20 Å². The molecule has 0 aliphatic carbocycles. The molecule has 1 aliphatic heterocycles. The molecular formula is C44H27N5O2Pt2+2. The zero-order chi connectivity index (χ0) is 34.8. The second kappa shape index (κ2) is 18.6. The van der Waals surface area contributed by atoms with E-state index in [4.69, 9.17) is 20.9 Å². The molecule has 3 aromatic heterocycles. The molecule has 4 heterocycles. The third kappa shape index (κ3) is 9.72. The van der Waals surface area contributed by atoms with Gasteiger partial charge in [-0.3, -0.25) is 16.1 Å². The van der Waals surface area contributed by atoms with Crippen LogP contribution in [0.1, 0.15) is 0 Å².